The number of aliphatic hydroxyl groups excluding tert-OH is 1. The van der Waals surface area contributed by atoms with Crippen LogP contribution >= 0.6 is 0 Å². The van der Waals surface area contributed by atoms with E-state index in [0.717, 1.165) is 52.4 Å². The molecule has 0 aromatic heterocycles. The molecule has 4 nitrogen and oxygen atoms in total. The van der Waals surface area contributed by atoms with Crippen LogP contribution in [0.1, 0.15) is 5.56 Å². The zero-order valence-electron chi connectivity index (χ0n) is 17.0. The van der Waals surface area contributed by atoms with Gasteiger partial charge in [0, 0.05) is 59.0 Å². The monoisotopic (exact) mass is 379 g/mol. The minimum Gasteiger partial charge on any atom is -0.396 e. The molecule has 2 aromatic rings. The van der Waals surface area contributed by atoms with E-state index in [2.05, 4.69) is 76.3 Å². The van der Waals surface area contributed by atoms with E-state index in [1.807, 2.05) is 0 Å². The molecule has 2 atom stereocenters. The van der Waals surface area contributed by atoms with Crippen molar-refractivity contribution in [1.29, 1.82) is 0 Å². The normalized spacial score (nSPS) is 24.6. The van der Waals surface area contributed by atoms with Crippen LogP contribution in [0.3, 0.4) is 0 Å². The van der Waals surface area contributed by atoms with Gasteiger partial charge < -0.3 is 14.9 Å². The number of likely N-dealkylation sites (N-methyl/N-ethyl adjacent to an activating group) is 1. The van der Waals surface area contributed by atoms with Crippen molar-refractivity contribution in [1.82, 2.24) is 14.7 Å². The van der Waals surface area contributed by atoms with Gasteiger partial charge in [-0.05, 0) is 35.6 Å². The number of aliphatic hydroxyl groups is 1. The Balaban J connectivity index is 1.33. The molecule has 28 heavy (non-hydrogen) atoms. The standard InChI is InChI=1S/C24H33N3O/c1-25-11-13-26(14-12-25)16-23-17-27(18-24(23)19-28)15-20-7-9-22(10-8-20)21-5-3-2-4-6-21/h2-10,23-24,28H,11-19H2,1H3/t23-,24-/m1/s1. The van der Waals surface area contributed by atoms with E-state index in [-0.39, 0.29) is 0 Å². The molecule has 0 radical (unpaired) electrons. The summed E-state index contributed by atoms with van der Waals surface area (Å²) in [7, 11) is 2.20. The molecule has 1 N–H and O–H groups in total. The van der Waals surface area contributed by atoms with Gasteiger partial charge in [0.2, 0.25) is 0 Å². The fourth-order valence-electron chi connectivity index (χ4n) is 4.63. The molecule has 0 bridgehead atoms. The minimum absolute atomic E-state index is 0.307. The smallest absolute Gasteiger partial charge is 0.0475 e. The number of hydrogen-bond donors (Lipinski definition) is 1. The molecular formula is C24H33N3O. The van der Waals surface area contributed by atoms with Crippen LogP contribution in [-0.4, -0.2) is 79.3 Å². The molecule has 0 spiro atoms. The molecule has 2 aromatic carbocycles. The molecule has 4 rings (SSSR count). The number of rotatable bonds is 6. The van der Waals surface area contributed by atoms with Gasteiger partial charge in [0.25, 0.3) is 0 Å². The van der Waals surface area contributed by atoms with Crippen molar-refractivity contribution in [2.45, 2.75) is 6.54 Å². The molecule has 0 amide bonds. The van der Waals surface area contributed by atoms with Gasteiger partial charge in [-0.15, -0.1) is 0 Å². The third-order valence-electron chi connectivity index (χ3n) is 6.44. The summed E-state index contributed by atoms with van der Waals surface area (Å²) in [4.78, 5) is 7.52. The number of nitrogens with zero attached hydrogens (tertiary/aromatic N) is 3. The van der Waals surface area contributed by atoms with E-state index in [0.29, 0.717) is 18.4 Å². The summed E-state index contributed by atoms with van der Waals surface area (Å²) < 4.78 is 0. The van der Waals surface area contributed by atoms with Crippen LogP contribution < -0.4 is 0 Å². The maximum Gasteiger partial charge on any atom is 0.0475 e. The summed E-state index contributed by atoms with van der Waals surface area (Å²) >= 11 is 0. The zero-order valence-corrected chi connectivity index (χ0v) is 17.0. The second-order valence-electron chi connectivity index (χ2n) is 8.56. The zero-order chi connectivity index (χ0) is 19.3. The molecule has 2 aliphatic rings. The van der Waals surface area contributed by atoms with Crippen molar-refractivity contribution in [2.75, 3.05) is 59.5 Å². The number of likely N-dealkylation sites (tertiary alicyclic amines) is 1. The minimum atomic E-state index is 0.307. The Morgan fingerprint density at radius 2 is 1.43 bits per heavy atom. The predicted molar refractivity (Wildman–Crippen MR) is 115 cm³/mol. The van der Waals surface area contributed by atoms with Crippen molar-refractivity contribution in [2.24, 2.45) is 11.8 Å². The average Bonchev–Trinajstić information content (AvgIpc) is 3.12. The lowest BCUT2D eigenvalue weighted by Crippen LogP contribution is -2.47. The highest BCUT2D eigenvalue weighted by molar-refractivity contribution is 5.63. The van der Waals surface area contributed by atoms with Crippen LogP contribution in [-0.2, 0) is 6.54 Å². The van der Waals surface area contributed by atoms with Crippen LogP contribution in [0, 0.1) is 11.8 Å². The number of piperazine rings is 1. The van der Waals surface area contributed by atoms with E-state index in [4.69, 9.17) is 0 Å². The topological polar surface area (TPSA) is 30.0 Å². The van der Waals surface area contributed by atoms with E-state index >= 15 is 0 Å². The predicted octanol–water partition coefficient (Wildman–Crippen LogP) is 2.64. The van der Waals surface area contributed by atoms with Crippen molar-refractivity contribution >= 4 is 0 Å². The van der Waals surface area contributed by atoms with Gasteiger partial charge in [-0.2, -0.15) is 0 Å². The first-order valence-electron chi connectivity index (χ1n) is 10.6. The largest absolute Gasteiger partial charge is 0.396 e. The summed E-state index contributed by atoms with van der Waals surface area (Å²) in [6, 6.07) is 19.5. The highest BCUT2D eigenvalue weighted by Gasteiger charge is 2.33. The third kappa shape index (κ3) is 4.81. The highest BCUT2D eigenvalue weighted by Crippen LogP contribution is 2.27. The first kappa shape index (κ1) is 19.6. The summed E-state index contributed by atoms with van der Waals surface area (Å²) in [5, 5.41) is 9.90. The molecule has 150 valence electrons. The highest BCUT2D eigenvalue weighted by atomic mass is 16.3. The molecule has 4 heteroatoms. The van der Waals surface area contributed by atoms with Crippen molar-refractivity contribution < 1.29 is 5.11 Å². The maximum absolute atomic E-state index is 9.90. The van der Waals surface area contributed by atoms with Crippen LogP contribution in [0.4, 0.5) is 0 Å². The van der Waals surface area contributed by atoms with E-state index in [1.165, 1.54) is 16.7 Å². The Hall–Kier alpha value is -1.72. The average molecular weight is 380 g/mol. The summed E-state index contributed by atoms with van der Waals surface area (Å²) in [5.41, 5.74) is 3.89. The molecule has 2 heterocycles. The first-order valence-corrected chi connectivity index (χ1v) is 10.6. The lowest BCUT2D eigenvalue weighted by Gasteiger charge is -2.34. The van der Waals surface area contributed by atoms with Gasteiger partial charge in [0.15, 0.2) is 0 Å². The second-order valence-corrected chi connectivity index (χ2v) is 8.56. The molecule has 2 saturated heterocycles. The third-order valence-corrected chi connectivity index (χ3v) is 6.44. The Morgan fingerprint density at radius 3 is 2.11 bits per heavy atom. The summed E-state index contributed by atoms with van der Waals surface area (Å²) in [5.74, 6) is 0.986. The van der Waals surface area contributed by atoms with Crippen molar-refractivity contribution in [3.05, 3.63) is 60.2 Å². The first-order chi connectivity index (χ1) is 13.7. The fraction of sp³-hybridized carbons (Fsp3) is 0.500. The maximum atomic E-state index is 9.90. The Kier molecular flexibility index (Phi) is 6.43. The van der Waals surface area contributed by atoms with Gasteiger partial charge in [-0.1, -0.05) is 54.6 Å². The number of hydrogen-bond acceptors (Lipinski definition) is 4. The van der Waals surface area contributed by atoms with E-state index < -0.39 is 0 Å². The molecular weight excluding hydrogens is 346 g/mol. The lowest BCUT2D eigenvalue weighted by molar-refractivity contribution is 0.116. The van der Waals surface area contributed by atoms with Crippen LogP contribution in [0.5, 0.6) is 0 Å². The fourth-order valence-corrected chi connectivity index (χ4v) is 4.63. The molecule has 2 fully saturated rings. The van der Waals surface area contributed by atoms with Gasteiger partial charge in [-0.3, -0.25) is 4.90 Å². The van der Waals surface area contributed by atoms with Crippen LogP contribution in [0.25, 0.3) is 11.1 Å². The van der Waals surface area contributed by atoms with Gasteiger partial charge in [0.05, 0.1) is 0 Å². The Bertz CT molecular complexity index is 725. The number of benzene rings is 2. The van der Waals surface area contributed by atoms with E-state index in [1.54, 1.807) is 0 Å². The van der Waals surface area contributed by atoms with Crippen LogP contribution in [0.15, 0.2) is 54.6 Å². The second kappa shape index (κ2) is 9.19. The van der Waals surface area contributed by atoms with E-state index in [9.17, 15) is 5.11 Å². The Morgan fingerprint density at radius 1 is 0.786 bits per heavy atom. The summed E-state index contributed by atoms with van der Waals surface area (Å²) in [6.07, 6.45) is 0. The molecule has 0 saturated carbocycles. The molecule has 0 aliphatic carbocycles. The SMILES string of the molecule is CN1CCN(C[C@@H]2CN(Cc3ccc(-c4ccccc4)cc3)C[C@@H]2CO)CC1. The Labute approximate surface area is 169 Å². The summed E-state index contributed by atoms with van der Waals surface area (Å²) in [6.45, 7) is 9.16. The molecule has 2 aliphatic heterocycles. The van der Waals surface area contributed by atoms with Gasteiger partial charge >= 0.3 is 0 Å². The van der Waals surface area contributed by atoms with Crippen molar-refractivity contribution in [3.63, 3.8) is 0 Å². The van der Waals surface area contributed by atoms with Crippen LogP contribution in [0.2, 0.25) is 0 Å². The van der Waals surface area contributed by atoms with Gasteiger partial charge in [-0.25, -0.2) is 0 Å². The van der Waals surface area contributed by atoms with Gasteiger partial charge in [0.1, 0.15) is 0 Å². The molecule has 0 unspecified atom stereocenters. The quantitative estimate of drug-likeness (QED) is 0.836. The lowest BCUT2D eigenvalue weighted by atomic mass is 9.96. The van der Waals surface area contributed by atoms with Crippen molar-refractivity contribution in [3.8, 4) is 11.1 Å².